The maximum Gasteiger partial charge on any atom is 0.165 e. The van der Waals surface area contributed by atoms with Crippen molar-refractivity contribution in [3.05, 3.63) is 71.8 Å². The number of methoxy groups -OCH3 is 1. The van der Waals surface area contributed by atoms with E-state index in [0.717, 1.165) is 11.1 Å². The number of benzene rings is 2. The summed E-state index contributed by atoms with van der Waals surface area (Å²) in [5.41, 5.74) is 1.15. The van der Waals surface area contributed by atoms with Crippen LogP contribution in [0.4, 0.5) is 0 Å². The van der Waals surface area contributed by atoms with Crippen LogP contribution in [0.3, 0.4) is 0 Å². The first-order valence-corrected chi connectivity index (χ1v) is 13.0. The molecule has 6 nitrogen and oxygen atoms in total. The third-order valence-electron chi connectivity index (χ3n) is 8.92. The number of hydrogen-bond acceptors (Lipinski definition) is 6. The lowest BCUT2D eigenvalue weighted by Gasteiger charge is -2.57. The Bertz CT molecular complexity index is 1030. The monoisotopic (exact) mass is 494 g/mol. The molecule has 2 saturated carbocycles. The van der Waals surface area contributed by atoms with E-state index in [1.807, 2.05) is 67.6 Å². The number of Topliss-reactive ketones (excluding diaryl/α,β-unsaturated/α-hetero) is 1. The Morgan fingerprint density at radius 2 is 1.56 bits per heavy atom. The molecule has 2 aliphatic carbocycles. The number of aliphatic hydroxyl groups excluding tert-OH is 1. The predicted molar refractivity (Wildman–Crippen MR) is 135 cm³/mol. The predicted octanol–water partition coefficient (Wildman–Crippen LogP) is 4.39. The van der Waals surface area contributed by atoms with Gasteiger partial charge in [0, 0.05) is 30.3 Å². The molecule has 0 bridgehead atoms. The highest BCUT2D eigenvalue weighted by molar-refractivity contribution is 5.89. The van der Waals surface area contributed by atoms with Gasteiger partial charge in [0.05, 0.1) is 32.5 Å². The van der Waals surface area contributed by atoms with E-state index in [1.54, 1.807) is 7.11 Å². The Balaban J connectivity index is 1.44. The lowest BCUT2D eigenvalue weighted by atomic mass is 9.51. The zero-order chi connectivity index (χ0) is 25.3. The third kappa shape index (κ3) is 4.44. The van der Waals surface area contributed by atoms with E-state index in [-0.39, 0.29) is 30.0 Å². The smallest absolute Gasteiger partial charge is 0.165 e. The molecule has 2 aromatic rings. The lowest BCUT2D eigenvalue weighted by Crippen LogP contribution is -2.64. The van der Waals surface area contributed by atoms with Crippen LogP contribution < -0.4 is 0 Å². The second kappa shape index (κ2) is 10.3. The molecular weight excluding hydrogens is 456 g/mol. The van der Waals surface area contributed by atoms with Gasteiger partial charge in [0.15, 0.2) is 12.1 Å². The van der Waals surface area contributed by atoms with Crippen molar-refractivity contribution >= 4 is 5.78 Å². The second-order valence-electron chi connectivity index (χ2n) is 11.2. The summed E-state index contributed by atoms with van der Waals surface area (Å²) in [6, 6.07) is 20.1. The highest BCUT2D eigenvalue weighted by Gasteiger charge is 2.72. The molecule has 3 aliphatic rings. The molecule has 0 radical (unpaired) electrons. The molecule has 36 heavy (non-hydrogen) atoms. The number of carbonyl (C=O) groups excluding carboxylic acids is 1. The van der Waals surface area contributed by atoms with Crippen LogP contribution in [-0.2, 0) is 37.0 Å². The van der Waals surface area contributed by atoms with E-state index >= 15 is 0 Å². The first-order valence-electron chi connectivity index (χ1n) is 13.0. The Hall–Kier alpha value is -2.09. The molecule has 194 valence electrons. The van der Waals surface area contributed by atoms with Crippen LogP contribution in [0.15, 0.2) is 60.7 Å². The summed E-state index contributed by atoms with van der Waals surface area (Å²) in [5, 5.41) is 11.1. The second-order valence-corrected chi connectivity index (χ2v) is 11.2. The number of ether oxygens (including phenoxy) is 4. The molecule has 1 saturated heterocycles. The first-order chi connectivity index (χ1) is 17.4. The average molecular weight is 495 g/mol. The maximum atomic E-state index is 13.8. The Morgan fingerprint density at radius 3 is 2.14 bits per heavy atom. The third-order valence-corrected chi connectivity index (χ3v) is 8.92. The number of ketones is 1. The topological polar surface area (TPSA) is 74.2 Å². The Morgan fingerprint density at radius 1 is 0.972 bits per heavy atom. The minimum Gasteiger partial charge on any atom is -0.385 e. The van der Waals surface area contributed by atoms with Crippen LogP contribution in [0.2, 0.25) is 0 Å². The minimum atomic E-state index is -1.01. The molecule has 0 spiro atoms. The van der Waals surface area contributed by atoms with Gasteiger partial charge in [-0.3, -0.25) is 4.79 Å². The molecule has 2 aromatic carbocycles. The molecule has 8 atom stereocenters. The van der Waals surface area contributed by atoms with Crippen LogP contribution in [0.25, 0.3) is 0 Å². The van der Waals surface area contributed by atoms with Crippen molar-refractivity contribution in [2.75, 3.05) is 20.3 Å². The van der Waals surface area contributed by atoms with Crippen LogP contribution in [-0.4, -0.2) is 49.7 Å². The molecule has 3 fully saturated rings. The van der Waals surface area contributed by atoms with Crippen molar-refractivity contribution in [3.8, 4) is 0 Å². The van der Waals surface area contributed by atoms with Gasteiger partial charge in [-0.05, 0) is 29.4 Å². The average Bonchev–Trinajstić information content (AvgIpc) is 3.15. The van der Waals surface area contributed by atoms with Crippen LogP contribution in [0.5, 0.6) is 0 Å². The van der Waals surface area contributed by atoms with E-state index in [4.69, 9.17) is 18.9 Å². The summed E-state index contributed by atoms with van der Waals surface area (Å²) in [6.45, 7) is 5.85. The molecular formula is C30H38O6. The zero-order valence-electron chi connectivity index (χ0n) is 21.5. The standard InChI is InChI=1S/C30H38O6/c1-20-23-14-25(33-3)36-24-15-29(2,18-34-16-21-10-6-4-7-11-21)28(27(32)26(20)31)30(23,24)19-35-17-22-12-8-5-9-13-22/h4-13,20,23-26,28,31H,14-19H2,1-3H3/t20-,23+,24-,25+,26-,28-,29-,30-/m1/s1. The van der Waals surface area contributed by atoms with Crippen molar-refractivity contribution in [1.29, 1.82) is 0 Å². The molecule has 5 rings (SSSR count). The van der Waals surface area contributed by atoms with E-state index in [9.17, 15) is 9.90 Å². The van der Waals surface area contributed by atoms with Gasteiger partial charge in [0.1, 0.15) is 6.10 Å². The molecule has 0 amide bonds. The van der Waals surface area contributed by atoms with Crippen LogP contribution in [0.1, 0.15) is 37.8 Å². The molecule has 0 aromatic heterocycles. The molecule has 6 heteroatoms. The van der Waals surface area contributed by atoms with Gasteiger partial charge in [0.2, 0.25) is 0 Å². The number of rotatable bonds is 9. The van der Waals surface area contributed by atoms with Crippen molar-refractivity contribution in [2.45, 2.75) is 58.4 Å². The van der Waals surface area contributed by atoms with Gasteiger partial charge in [0.25, 0.3) is 0 Å². The van der Waals surface area contributed by atoms with E-state index in [1.165, 1.54) is 0 Å². The Kier molecular flexibility index (Phi) is 7.34. The minimum absolute atomic E-state index is 0.0330. The summed E-state index contributed by atoms with van der Waals surface area (Å²) in [6.07, 6.45) is -0.303. The number of hydrogen-bond donors (Lipinski definition) is 1. The molecule has 1 heterocycles. The van der Waals surface area contributed by atoms with Crippen LogP contribution in [0, 0.1) is 28.6 Å². The van der Waals surface area contributed by atoms with Crippen molar-refractivity contribution in [2.24, 2.45) is 28.6 Å². The van der Waals surface area contributed by atoms with Gasteiger partial charge in [-0.15, -0.1) is 0 Å². The highest BCUT2D eigenvalue weighted by Crippen LogP contribution is 2.66. The van der Waals surface area contributed by atoms with Crippen molar-refractivity contribution in [3.63, 3.8) is 0 Å². The number of aliphatic hydroxyl groups is 1. The van der Waals surface area contributed by atoms with E-state index < -0.39 is 22.9 Å². The van der Waals surface area contributed by atoms with E-state index in [2.05, 4.69) is 6.92 Å². The highest BCUT2D eigenvalue weighted by atomic mass is 16.7. The quantitative estimate of drug-likeness (QED) is 0.557. The fourth-order valence-electron chi connectivity index (χ4n) is 7.30. The summed E-state index contributed by atoms with van der Waals surface area (Å²) >= 11 is 0. The SMILES string of the molecule is CO[C@@H]1C[C@H]2[C@@H](C)[C@@H](O)C(=O)[C@@H]3[C@@](C)(COCc4ccccc4)C[C@@H](O1)[C@]32COCc1ccccc1. The summed E-state index contributed by atoms with van der Waals surface area (Å²) < 4.78 is 24.8. The fourth-order valence-corrected chi connectivity index (χ4v) is 7.30. The normalized spacial score (nSPS) is 37.6. The van der Waals surface area contributed by atoms with Crippen molar-refractivity contribution < 1.29 is 28.8 Å². The van der Waals surface area contributed by atoms with E-state index in [0.29, 0.717) is 39.3 Å². The van der Waals surface area contributed by atoms with Gasteiger partial charge in [-0.1, -0.05) is 74.5 Å². The summed E-state index contributed by atoms with van der Waals surface area (Å²) in [4.78, 5) is 13.8. The van der Waals surface area contributed by atoms with Gasteiger partial charge >= 0.3 is 0 Å². The maximum absolute atomic E-state index is 13.8. The Labute approximate surface area is 213 Å². The molecule has 0 unspecified atom stereocenters. The van der Waals surface area contributed by atoms with Gasteiger partial charge in [-0.2, -0.15) is 0 Å². The fraction of sp³-hybridized carbons (Fsp3) is 0.567. The molecule has 1 N–H and O–H groups in total. The van der Waals surface area contributed by atoms with Crippen LogP contribution >= 0.6 is 0 Å². The van der Waals surface area contributed by atoms with Gasteiger partial charge < -0.3 is 24.1 Å². The first kappa shape index (κ1) is 25.6. The van der Waals surface area contributed by atoms with Gasteiger partial charge in [-0.25, -0.2) is 0 Å². The molecule has 1 aliphatic heterocycles. The number of carbonyl (C=O) groups is 1. The summed E-state index contributed by atoms with van der Waals surface area (Å²) in [5.74, 6) is -0.693. The largest absolute Gasteiger partial charge is 0.385 e. The lowest BCUT2D eigenvalue weighted by molar-refractivity contribution is -0.270. The van der Waals surface area contributed by atoms with Crippen molar-refractivity contribution in [1.82, 2.24) is 0 Å². The zero-order valence-corrected chi connectivity index (χ0v) is 21.5. The summed E-state index contributed by atoms with van der Waals surface area (Å²) in [7, 11) is 1.66.